The van der Waals surface area contributed by atoms with Crippen molar-refractivity contribution in [2.24, 2.45) is 0 Å². The summed E-state index contributed by atoms with van der Waals surface area (Å²) in [6, 6.07) is 0. The number of hydroxylamine groups is 1. The van der Waals surface area contributed by atoms with Gasteiger partial charge in [0.05, 0.1) is 13.7 Å². The number of hydrogen-bond acceptors (Lipinski definition) is 4. The van der Waals surface area contributed by atoms with E-state index in [9.17, 15) is 9.59 Å². The topological polar surface area (TPSA) is 70.1 Å². The second kappa shape index (κ2) is 4.64. The van der Waals surface area contributed by atoms with E-state index in [-0.39, 0.29) is 6.54 Å². The molecule has 0 rings (SSSR count). The molecule has 0 atom stereocenters. The van der Waals surface area contributed by atoms with E-state index < -0.39 is 6.09 Å². The van der Waals surface area contributed by atoms with Gasteiger partial charge in [-0.25, -0.2) is 9.80 Å². The van der Waals surface area contributed by atoms with Crippen LogP contribution in [0.2, 0.25) is 0 Å². The van der Waals surface area contributed by atoms with E-state index in [1.165, 1.54) is 14.2 Å². The van der Waals surface area contributed by atoms with Crippen LogP contribution in [0.4, 0.5) is 4.79 Å². The SMILES string of the molecule is CON(C)N(CC=O)C(=O)O. The zero-order valence-corrected chi connectivity index (χ0v) is 6.35. The molecule has 11 heavy (non-hydrogen) atoms. The van der Waals surface area contributed by atoms with Gasteiger partial charge in [0.15, 0.2) is 0 Å². The number of rotatable bonds is 4. The van der Waals surface area contributed by atoms with Gasteiger partial charge < -0.3 is 9.90 Å². The largest absolute Gasteiger partial charge is 0.464 e. The summed E-state index contributed by atoms with van der Waals surface area (Å²) >= 11 is 0. The molecule has 0 bridgehead atoms. The third-order valence-electron chi connectivity index (χ3n) is 1.07. The van der Waals surface area contributed by atoms with Crippen LogP contribution in [-0.2, 0) is 9.63 Å². The Labute approximate surface area is 63.9 Å². The maximum Gasteiger partial charge on any atom is 0.424 e. The molecular formula is C5H10N2O4. The molecule has 0 heterocycles. The van der Waals surface area contributed by atoms with E-state index in [2.05, 4.69) is 4.84 Å². The number of amides is 1. The first-order valence-corrected chi connectivity index (χ1v) is 2.85. The molecule has 0 radical (unpaired) electrons. The predicted molar refractivity (Wildman–Crippen MR) is 35.6 cm³/mol. The molecule has 0 spiro atoms. The Morgan fingerprint density at radius 1 is 1.73 bits per heavy atom. The summed E-state index contributed by atoms with van der Waals surface area (Å²) in [7, 11) is 2.69. The molecule has 64 valence electrons. The van der Waals surface area contributed by atoms with Crippen molar-refractivity contribution in [3.8, 4) is 0 Å². The third-order valence-corrected chi connectivity index (χ3v) is 1.07. The Balaban J connectivity index is 4.08. The van der Waals surface area contributed by atoms with Crippen LogP contribution in [0.3, 0.4) is 0 Å². The third kappa shape index (κ3) is 2.96. The summed E-state index contributed by atoms with van der Waals surface area (Å²) in [5.74, 6) is 0. The molecule has 0 aromatic rings. The molecule has 0 saturated carbocycles. The van der Waals surface area contributed by atoms with Gasteiger partial charge in [-0.15, -0.1) is 0 Å². The van der Waals surface area contributed by atoms with E-state index in [1.54, 1.807) is 0 Å². The number of aldehydes is 1. The van der Waals surface area contributed by atoms with Crippen molar-refractivity contribution >= 4 is 12.4 Å². The number of carbonyl (C=O) groups excluding carboxylic acids is 1. The fourth-order valence-electron chi connectivity index (χ4n) is 0.483. The highest BCUT2D eigenvalue weighted by atomic mass is 16.7. The van der Waals surface area contributed by atoms with Crippen LogP contribution in [0, 0.1) is 0 Å². The molecular weight excluding hydrogens is 152 g/mol. The Hall–Kier alpha value is -1.14. The van der Waals surface area contributed by atoms with Crippen LogP contribution in [0.15, 0.2) is 0 Å². The van der Waals surface area contributed by atoms with Crippen LogP contribution in [0.5, 0.6) is 0 Å². The highest BCUT2D eigenvalue weighted by Crippen LogP contribution is 1.93. The summed E-state index contributed by atoms with van der Waals surface area (Å²) in [4.78, 5) is 24.8. The van der Waals surface area contributed by atoms with E-state index >= 15 is 0 Å². The van der Waals surface area contributed by atoms with Gasteiger partial charge in [-0.1, -0.05) is 5.17 Å². The summed E-state index contributed by atoms with van der Waals surface area (Å²) in [5, 5.41) is 10.1. The second-order valence-electron chi connectivity index (χ2n) is 1.68. The summed E-state index contributed by atoms with van der Waals surface area (Å²) in [6.07, 6.45) is -0.759. The van der Waals surface area contributed by atoms with Crippen molar-refractivity contribution in [1.29, 1.82) is 0 Å². The highest BCUT2D eigenvalue weighted by molar-refractivity contribution is 5.68. The van der Waals surface area contributed by atoms with Crippen LogP contribution in [0.1, 0.15) is 0 Å². The normalized spacial score (nSPS) is 9.73. The van der Waals surface area contributed by atoms with Gasteiger partial charge in [0, 0.05) is 7.05 Å². The summed E-state index contributed by atoms with van der Waals surface area (Å²) < 4.78 is 0. The standard InChI is InChI=1S/C5H10N2O4/c1-6(11-2)7(3-4-8)5(9)10/h4H,3H2,1-2H3,(H,9,10). The van der Waals surface area contributed by atoms with Crippen molar-refractivity contribution in [2.75, 3.05) is 20.7 Å². The molecule has 0 saturated heterocycles. The highest BCUT2D eigenvalue weighted by Gasteiger charge is 2.15. The molecule has 0 aromatic carbocycles. The van der Waals surface area contributed by atoms with Crippen LogP contribution in [0.25, 0.3) is 0 Å². The minimum absolute atomic E-state index is 0.236. The molecule has 0 aliphatic heterocycles. The van der Waals surface area contributed by atoms with Gasteiger partial charge in [-0.05, 0) is 0 Å². The number of hydrazine groups is 1. The summed E-state index contributed by atoms with van der Waals surface area (Å²) in [5.41, 5.74) is 0. The Kier molecular flexibility index (Phi) is 4.16. The van der Waals surface area contributed by atoms with Crippen LogP contribution < -0.4 is 0 Å². The van der Waals surface area contributed by atoms with Gasteiger partial charge >= 0.3 is 6.09 Å². The minimum atomic E-state index is -1.23. The maximum absolute atomic E-state index is 10.3. The van der Waals surface area contributed by atoms with Gasteiger partial charge in [-0.2, -0.15) is 0 Å². The van der Waals surface area contributed by atoms with E-state index in [0.29, 0.717) is 6.29 Å². The van der Waals surface area contributed by atoms with Crippen molar-refractivity contribution in [1.82, 2.24) is 10.2 Å². The van der Waals surface area contributed by atoms with Gasteiger partial charge in [-0.3, -0.25) is 4.84 Å². The molecule has 0 fully saturated rings. The Morgan fingerprint density at radius 2 is 2.27 bits per heavy atom. The quantitative estimate of drug-likeness (QED) is 0.448. The fourth-order valence-corrected chi connectivity index (χ4v) is 0.483. The van der Waals surface area contributed by atoms with Crippen molar-refractivity contribution in [3.63, 3.8) is 0 Å². The average Bonchev–Trinajstić information content (AvgIpc) is 1.98. The molecule has 0 aromatic heterocycles. The fraction of sp³-hybridized carbons (Fsp3) is 0.600. The van der Waals surface area contributed by atoms with Crippen LogP contribution >= 0.6 is 0 Å². The first-order chi connectivity index (χ1) is 5.13. The minimum Gasteiger partial charge on any atom is -0.464 e. The molecule has 0 unspecified atom stereocenters. The number of carbonyl (C=O) groups is 2. The van der Waals surface area contributed by atoms with E-state index in [4.69, 9.17) is 5.11 Å². The molecule has 0 aliphatic rings. The lowest BCUT2D eigenvalue weighted by Crippen LogP contribution is -2.43. The first-order valence-electron chi connectivity index (χ1n) is 2.85. The van der Waals surface area contributed by atoms with E-state index in [0.717, 1.165) is 10.2 Å². The van der Waals surface area contributed by atoms with E-state index in [1.807, 2.05) is 0 Å². The summed E-state index contributed by atoms with van der Waals surface area (Å²) in [6.45, 7) is -0.236. The van der Waals surface area contributed by atoms with Crippen molar-refractivity contribution < 1.29 is 19.5 Å². The number of nitrogens with zero attached hydrogens (tertiary/aromatic N) is 2. The van der Waals surface area contributed by atoms with Gasteiger partial charge in [0.1, 0.15) is 6.29 Å². The molecule has 6 heteroatoms. The average molecular weight is 162 g/mol. The monoisotopic (exact) mass is 162 g/mol. The molecule has 1 amide bonds. The predicted octanol–water partition coefficient (Wildman–Crippen LogP) is -0.427. The zero-order chi connectivity index (χ0) is 8.85. The number of hydrogen-bond donors (Lipinski definition) is 1. The Morgan fingerprint density at radius 3 is 2.55 bits per heavy atom. The second-order valence-corrected chi connectivity index (χ2v) is 1.68. The zero-order valence-electron chi connectivity index (χ0n) is 6.35. The molecule has 1 N–H and O–H groups in total. The lowest BCUT2D eigenvalue weighted by atomic mass is 10.7. The smallest absolute Gasteiger partial charge is 0.424 e. The van der Waals surface area contributed by atoms with Gasteiger partial charge in [0.2, 0.25) is 0 Å². The first kappa shape index (κ1) is 9.86. The maximum atomic E-state index is 10.3. The Bertz CT molecular complexity index is 149. The molecule has 6 nitrogen and oxygen atoms in total. The lowest BCUT2D eigenvalue weighted by Gasteiger charge is -2.24. The van der Waals surface area contributed by atoms with Crippen molar-refractivity contribution in [3.05, 3.63) is 0 Å². The van der Waals surface area contributed by atoms with Crippen molar-refractivity contribution in [2.45, 2.75) is 0 Å². The lowest BCUT2D eigenvalue weighted by molar-refractivity contribution is -0.229. The molecule has 0 aliphatic carbocycles. The number of carboxylic acid groups (broad SMARTS) is 1. The van der Waals surface area contributed by atoms with Gasteiger partial charge in [0.25, 0.3) is 0 Å². The van der Waals surface area contributed by atoms with Crippen LogP contribution in [-0.4, -0.2) is 48.4 Å².